The molecular formula is C11H24N4O2S. The fraction of sp³-hybridized carbons (Fsp3) is 1.00. The molecule has 2 saturated heterocycles. The second kappa shape index (κ2) is 5.42. The molecule has 0 saturated carbocycles. The molecule has 2 aliphatic heterocycles. The molecule has 0 aromatic heterocycles. The highest BCUT2D eigenvalue weighted by atomic mass is 32.2. The predicted octanol–water partition coefficient (Wildman–Crippen LogP) is -0.710. The molecule has 1 atom stereocenters. The summed E-state index contributed by atoms with van der Waals surface area (Å²) in [6.45, 7) is 3.26. The van der Waals surface area contributed by atoms with Crippen LogP contribution in [0.25, 0.3) is 0 Å². The van der Waals surface area contributed by atoms with Gasteiger partial charge in [-0.1, -0.05) is 0 Å². The minimum atomic E-state index is -3.24. The van der Waals surface area contributed by atoms with Crippen LogP contribution in [-0.2, 0) is 10.2 Å². The van der Waals surface area contributed by atoms with Gasteiger partial charge in [-0.2, -0.15) is 17.0 Å². The average molecular weight is 276 g/mol. The molecule has 2 N–H and O–H groups in total. The molecule has 2 fully saturated rings. The third kappa shape index (κ3) is 2.85. The van der Waals surface area contributed by atoms with Crippen LogP contribution in [0.2, 0.25) is 0 Å². The van der Waals surface area contributed by atoms with Gasteiger partial charge in [-0.15, -0.1) is 0 Å². The highest BCUT2D eigenvalue weighted by Gasteiger charge is 2.36. The SMILES string of the molecule is CN(C)S(=O)(=O)N1CCC(N2CCC(N)CC2)C1. The Bertz CT molecular complexity index is 377. The zero-order chi connectivity index (χ0) is 13.3. The van der Waals surface area contributed by atoms with Gasteiger partial charge in [0, 0.05) is 39.3 Å². The van der Waals surface area contributed by atoms with E-state index in [0.29, 0.717) is 25.2 Å². The van der Waals surface area contributed by atoms with Crippen molar-refractivity contribution in [1.29, 1.82) is 0 Å². The largest absolute Gasteiger partial charge is 0.328 e. The zero-order valence-corrected chi connectivity index (χ0v) is 12.1. The highest BCUT2D eigenvalue weighted by molar-refractivity contribution is 7.86. The molecule has 0 spiro atoms. The van der Waals surface area contributed by atoms with Gasteiger partial charge in [0.25, 0.3) is 10.2 Å². The maximum Gasteiger partial charge on any atom is 0.281 e. The maximum absolute atomic E-state index is 12.0. The summed E-state index contributed by atoms with van der Waals surface area (Å²) in [6, 6.07) is 0.691. The summed E-state index contributed by atoms with van der Waals surface area (Å²) in [5, 5.41) is 0. The number of likely N-dealkylation sites (tertiary alicyclic amines) is 1. The summed E-state index contributed by atoms with van der Waals surface area (Å²) in [6.07, 6.45) is 2.98. The molecular weight excluding hydrogens is 252 g/mol. The van der Waals surface area contributed by atoms with E-state index in [9.17, 15) is 8.42 Å². The van der Waals surface area contributed by atoms with Gasteiger partial charge in [-0.25, -0.2) is 0 Å². The first kappa shape index (κ1) is 14.2. The number of rotatable bonds is 3. The Hall–Kier alpha value is -0.210. The molecule has 2 aliphatic rings. The predicted molar refractivity (Wildman–Crippen MR) is 71.4 cm³/mol. The maximum atomic E-state index is 12.0. The van der Waals surface area contributed by atoms with Gasteiger partial charge in [0.05, 0.1) is 0 Å². The van der Waals surface area contributed by atoms with E-state index in [0.717, 1.165) is 32.4 Å². The molecule has 2 rings (SSSR count). The van der Waals surface area contributed by atoms with Crippen LogP contribution >= 0.6 is 0 Å². The summed E-state index contributed by atoms with van der Waals surface area (Å²) in [4.78, 5) is 2.40. The van der Waals surface area contributed by atoms with E-state index in [1.165, 1.54) is 4.31 Å². The number of nitrogens with two attached hydrogens (primary N) is 1. The summed E-state index contributed by atoms with van der Waals surface area (Å²) in [5.41, 5.74) is 5.89. The normalized spacial score (nSPS) is 29.2. The van der Waals surface area contributed by atoms with Crippen molar-refractivity contribution in [3.8, 4) is 0 Å². The molecule has 0 aromatic carbocycles. The first-order chi connectivity index (χ1) is 8.41. The smallest absolute Gasteiger partial charge is 0.281 e. The second-order valence-electron chi connectivity index (χ2n) is 5.46. The first-order valence-corrected chi connectivity index (χ1v) is 7.98. The van der Waals surface area contributed by atoms with Gasteiger partial charge in [0.2, 0.25) is 0 Å². The van der Waals surface area contributed by atoms with Crippen molar-refractivity contribution in [2.45, 2.75) is 31.3 Å². The number of nitrogens with zero attached hydrogens (tertiary/aromatic N) is 3. The van der Waals surface area contributed by atoms with Crippen LogP contribution in [0.4, 0.5) is 0 Å². The van der Waals surface area contributed by atoms with Crippen LogP contribution in [0.1, 0.15) is 19.3 Å². The van der Waals surface area contributed by atoms with Crippen LogP contribution < -0.4 is 5.73 Å². The van der Waals surface area contributed by atoms with Crippen LogP contribution in [-0.4, -0.2) is 74.3 Å². The van der Waals surface area contributed by atoms with Crippen molar-refractivity contribution in [2.75, 3.05) is 40.3 Å². The highest BCUT2D eigenvalue weighted by Crippen LogP contribution is 2.22. The summed E-state index contributed by atoms with van der Waals surface area (Å²) < 4.78 is 26.9. The van der Waals surface area contributed by atoms with E-state index in [1.54, 1.807) is 18.4 Å². The molecule has 0 radical (unpaired) electrons. The fourth-order valence-corrected chi connectivity index (χ4v) is 3.89. The van der Waals surface area contributed by atoms with Crippen molar-refractivity contribution in [3.05, 3.63) is 0 Å². The Morgan fingerprint density at radius 1 is 1.11 bits per heavy atom. The van der Waals surface area contributed by atoms with Crippen molar-refractivity contribution in [3.63, 3.8) is 0 Å². The Morgan fingerprint density at radius 3 is 2.28 bits per heavy atom. The Labute approximate surface area is 110 Å². The lowest BCUT2D eigenvalue weighted by Crippen LogP contribution is -2.47. The van der Waals surface area contributed by atoms with Crippen LogP contribution in [0.3, 0.4) is 0 Å². The minimum Gasteiger partial charge on any atom is -0.328 e. The van der Waals surface area contributed by atoms with Crippen LogP contribution in [0, 0.1) is 0 Å². The monoisotopic (exact) mass is 276 g/mol. The lowest BCUT2D eigenvalue weighted by atomic mass is 10.0. The third-order valence-electron chi connectivity index (χ3n) is 4.00. The molecule has 106 valence electrons. The Morgan fingerprint density at radius 2 is 1.72 bits per heavy atom. The van der Waals surface area contributed by atoms with E-state index in [4.69, 9.17) is 5.73 Å². The average Bonchev–Trinajstić information content (AvgIpc) is 2.79. The second-order valence-corrected chi connectivity index (χ2v) is 7.61. The van der Waals surface area contributed by atoms with Crippen molar-refractivity contribution >= 4 is 10.2 Å². The summed E-state index contributed by atoms with van der Waals surface area (Å²) >= 11 is 0. The molecule has 2 heterocycles. The molecule has 1 unspecified atom stereocenters. The van der Waals surface area contributed by atoms with E-state index in [2.05, 4.69) is 4.90 Å². The van der Waals surface area contributed by atoms with Gasteiger partial charge in [-0.3, -0.25) is 4.90 Å². The quantitative estimate of drug-likeness (QED) is 0.739. The molecule has 0 bridgehead atoms. The van der Waals surface area contributed by atoms with Gasteiger partial charge in [0.15, 0.2) is 0 Å². The van der Waals surface area contributed by atoms with Gasteiger partial charge in [0.1, 0.15) is 0 Å². The van der Waals surface area contributed by atoms with Crippen molar-refractivity contribution in [1.82, 2.24) is 13.5 Å². The number of piperidine rings is 1. The lowest BCUT2D eigenvalue weighted by molar-refractivity contribution is 0.158. The minimum absolute atomic E-state index is 0.323. The summed E-state index contributed by atoms with van der Waals surface area (Å²) in [5.74, 6) is 0. The number of hydrogen-bond donors (Lipinski definition) is 1. The zero-order valence-electron chi connectivity index (χ0n) is 11.2. The topological polar surface area (TPSA) is 69.9 Å². The van der Waals surface area contributed by atoms with E-state index < -0.39 is 10.2 Å². The molecule has 7 heteroatoms. The first-order valence-electron chi connectivity index (χ1n) is 6.58. The van der Waals surface area contributed by atoms with Gasteiger partial charge in [-0.05, 0) is 32.4 Å². The fourth-order valence-electron chi connectivity index (χ4n) is 2.73. The molecule has 0 aromatic rings. The van der Waals surface area contributed by atoms with Crippen LogP contribution in [0.15, 0.2) is 0 Å². The molecule has 0 aliphatic carbocycles. The van der Waals surface area contributed by atoms with Gasteiger partial charge < -0.3 is 5.73 Å². The van der Waals surface area contributed by atoms with E-state index >= 15 is 0 Å². The lowest BCUT2D eigenvalue weighted by Gasteiger charge is -2.34. The van der Waals surface area contributed by atoms with Crippen LogP contribution in [0.5, 0.6) is 0 Å². The van der Waals surface area contributed by atoms with Crippen molar-refractivity contribution < 1.29 is 8.42 Å². The standard InChI is InChI=1S/C11H24N4O2S/c1-13(2)18(16,17)15-8-5-11(9-15)14-6-3-10(12)4-7-14/h10-11H,3-9,12H2,1-2H3. The Kier molecular flexibility index (Phi) is 4.28. The van der Waals surface area contributed by atoms with Gasteiger partial charge >= 0.3 is 0 Å². The molecule has 18 heavy (non-hydrogen) atoms. The number of hydrogen-bond acceptors (Lipinski definition) is 4. The molecule has 0 amide bonds. The van der Waals surface area contributed by atoms with E-state index in [1.807, 2.05) is 0 Å². The summed E-state index contributed by atoms with van der Waals surface area (Å²) in [7, 11) is -0.0719. The van der Waals surface area contributed by atoms with Crippen molar-refractivity contribution in [2.24, 2.45) is 5.73 Å². The van der Waals surface area contributed by atoms with E-state index in [-0.39, 0.29) is 0 Å². The third-order valence-corrected chi connectivity index (χ3v) is 5.91. The molecule has 6 nitrogen and oxygen atoms in total. The Balaban J connectivity index is 1.93.